The SMILES string of the molecule is COc1ccc2c(=O)c(C)c(-c3ccc(C)cc3)oc2c1CN1CCOCC1. The Bertz CT molecular complexity index is 1050. The van der Waals surface area contributed by atoms with E-state index < -0.39 is 0 Å². The molecule has 1 aliphatic rings. The Balaban J connectivity index is 1.91. The first-order valence-electron chi connectivity index (χ1n) is 9.59. The molecule has 5 nitrogen and oxygen atoms in total. The van der Waals surface area contributed by atoms with Gasteiger partial charge in [0.1, 0.15) is 17.1 Å². The summed E-state index contributed by atoms with van der Waals surface area (Å²) in [5, 5.41) is 0.595. The molecule has 0 radical (unpaired) electrons. The number of nitrogens with zero attached hydrogens (tertiary/aromatic N) is 1. The molecule has 5 heteroatoms. The molecule has 0 atom stereocenters. The Morgan fingerprint density at radius 3 is 2.43 bits per heavy atom. The van der Waals surface area contributed by atoms with Gasteiger partial charge in [0, 0.05) is 30.8 Å². The summed E-state index contributed by atoms with van der Waals surface area (Å²) in [5.74, 6) is 1.36. The summed E-state index contributed by atoms with van der Waals surface area (Å²) < 4.78 is 17.4. The molecule has 3 aromatic rings. The fourth-order valence-electron chi connectivity index (χ4n) is 3.69. The summed E-state index contributed by atoms with van der Waals surface area (Å²) in [6.45, 7) is 7.64. The molecule has 1 saturated heterocycles. The molecule has 1 aliphatic heterocycles. The van der Waals surface area contributed by atoms with Crippen molar-refractivity contribution in [3.63, 3.8) is 0 Å². The second-order valence-corrected chi connectivity index (χ2v) is 7.26. The third-order valence-electron chi connectivity index (χ3n) is 5.37. The van der Waals surface area contributed by atoms with Gasteiger partial charge >= 0.3 is 0 Å². The molecule has 146 valence electrons. The van der Waals surface area contributed by atoms with E-state index in [0.717, 1.165) is 30.0 Å². The van der Waals surface area contributed by atoms with Gasteiger partial charge < -0.3 is 13.9 Å². The number of aryl methyl sites for hydroxylation is 1. The number of benzene rings is 2. The van der Waals surface area contributed by atoms with Crippen LogP contribution in [-0.4, -0.2) is 38.3 Å². The molecule has 0 spiro atoms. The highest BCUT2D eigenvalue weighted by atomic mass is 16.5. The van der Waals surface area contributed by atoms with Gasteiger partial charge in [-0.3, -0.25) is 9.69 Å². The number of methoxy groups -OCH3 is 1. The van der Waals surface area contributed by atoms with Crippen LogP contribution in [0.15, 0.2) is 45.6 Å². The van der Waals surface area contributed by atoms with Crippen molar-refractivity contribution in [2.75, 3.05) is 33.4 Å². The Labute approximate surface area is 164 Å². The lowest BCUT2D eigenvalue weighted by molar-refractivity contribution is 0.0339. The van der Waals surface area contributed by atoms with Gasteiger partial charge in [-0.15, -0.1) is 0 Å². The van der Waals surface area contributed by atoms with Gasteiger partial charge in [0.25, 0.3) is 0 Å². The van der Waals surface area contributed by atoms with Gasteiger partial charge in [0.2, 0.25) is 0 Å². The Kier molecular flexibility index (Phi) is 5.20. The van der Waals surface area contributed by atoms with E-state index in [1.807, 2.05) is 44.2 Å². The molecule has 0 aliphatic carbocycles. The van der Waals surface area contributed by atoms with Crippen molar-refractivity contribution < 1.29 is 13.9 Å². The minimum atomic E-state index is 0.00251. The summed E-state index contributed by atoms with van der Waals surface area (Å²) in [4.78, 5) is 15.4. The Morgan fingerprint density at radius 1 is 1.04 bits per heavy atom. The molecule has 1 aromatic heterocycles. The van der Waals surface area contributed by atoms with Crippen LogP contribution in [0.25, 0.3) is 22.3 Å². The van der Waals surface area contributed by atoms with Gasteiger partial charge in [-0.2, -0.15) is 0 Å². The Morgan fingerprint density at radius 2 is 1.75 bits per heavy atom. The maximum absolute atomic E-state index is 13.1. The van der Waals surface area contributed by atoms with Crippen molar-refractivity contribution in [2.24, 2.45) is 0 Å². The Hall–Kier alpha value is -2.63. The number of ether oxygens (including phenoxy) is 2. The van der Waals surface area contributed by atoms with Crippen LogP contribution in [-0.2, 0) is 11.3 Å². The zero-order chi connectivity index (χ0) is 19.7. The second kappa shape index (κ2) is 7.78. The number of morpholine rings is 1. The third-order valence-corrected chi connectivity index (χ3v) is 5.37. The molecule has 0 unspecified atom stereocenters. The number of rotatable bonds is 4. The maximum Gasteiger partial charge on any atom is 0.196 e. The summed E-state index contributed by atoms with van der Waals surface area (Å²) in [6.07, 6.45) is 0. The minimum Gasteiger partial charge on any atom is -0.496 e. The molecule has 0 N–H and O–H groups in total. The first-order valence-corrected chi connectivity index (χ1v) is 9.59. The van der Waals surface area contributed by atoms with E-state index in [4.69, 9.17) is 13.9 Å². The van der Waals surface area contributed by atoms with Crippen molar-refractivity contribution in [1.29, 1.82) is 0 Å². The summed E-state index contributed by atoms with van der Waals surface area (Å²) in [5.41, 5.74) is 4.22. The number of hydrogen-bond donors (Lipinski definition) is 0. The van der Waals surface area contributed by atoms with Crippen LogP contribution in [0.4, 0.5) is 0 Å². The smallest absolute Gasteiger partial charge is 0.196 e. The zero-order valence-electron chi connectivity index (χ0n) is 16.6. The quantitative estimate of drug-likeness (QED) is 0.688. The monoisotopic (exact) mass is 379 g/mol. The second-order valence-electron chi connectivity index (χ2n) is 7.26. The lowest BCUT2D eigenvalue weighted by Crippen LogP contribution is -2.35. The lowest BCUT2D eigenvalue weighted by Gasteiger charge is -2.27. The molecule has 28 heavy (non-hydrogen) atoms. The molecule has 1 fully saturated rings. The topological polar surface area (TPSA) is 51.9 Å². The van der Waals surface area contributed by atoms with Crippen molar-refractivity contribution in [1.82, 2.24) is 4.90 Å². The van der Waals surface area contributed by atoms with Crippen LogP contribution in [0.2, 0.25) is 0 Å². The van der Waals surface area contributed by atoms with Crippen LogP contribution in [0.1, 0.15) is 16.7 Å². The van der Waals surface area contributed by atoms with E-state index in [1.165, 1.54) is 5.56 Å². The minimum absolute atomic E-state index is 0.00251. The standard InChI is InChI=1S/C23H25NO4/c1-15-4-6-17(7-5-15)22-16(2)21(25)18-8-9-20(26-3)19(23(18)28-22)14-24-10-12-27-13-11-24/h4-9H,10-14H2,1-3H3. The van der Waals surface area contributed by atoms with Gasteiger partial charge in [-0.05, 0) is 26.0 Å². The number of fused-ring (bicyclic) bond motifs is 1. The molecule has 2 aromatic carbocycles. The van der Waals surface area contributed by atoms with Crippen molar-refractivity contribution >= 4 is 11.0 Å². The van der Waals surface area contributed by atoms with Crippen LogP contribution in [0.5, 0.6) is 5.75 Å². The van der Waals surface area contributed by atoms with Gasteiger partial charge in [0.05, 0.1) is 31.3 Å². The van der Waals surface area contributed by atoms with E-state index >= 15 is 0 Å². The lowest BCUT2D eigenvalue weighted by atomic mass is 10.0. The molecule has 4 rings (SSSR count). The van der Waals surface area contributed by atoms with E-state index in [0.29, 0.717) is 42.1 Å². The largest absolute Gasteiger partial charge is 0.496 e. The zero-order valence-corrected chi connectivity index (χ0v) is 16.6. The summed E-state index contributed by atoms with van der Waals surface area (Å²) in [7, 11) is 1.65. The highest BCUT2D eigenvalue weighted by Crippen LogP contribution is 2.32. The van der Waals surface area contributed by atoms with Crippen LogP contribution >= 0.6 is 0 Å². The molecular weight excluding hydrogens is 354 g/mol. The van der Waals surface area contributed by atoms with Gasteiger partial charge in [-0.1, -0.05) is 29.8 Å². The van der Waals surface area contributed by atoms with Crippen molar-refractivity contribution in [3.8, 4) is 17.1 Å². The highest BCUT2D eigenvalue weighted by molar-refractivity contribution is 5.85. The predicted molar refractivity (Wildman–Crippen MR) is 110 cm³/mol. The van der Waals surface area contributed by atoms with Crippen LogP contribution in [0, 0.1) is 13.8 Å². The van der Waals surface area contributed by atoms with E-state index in [2.05, 4.69) is 4.90 Å². The maximum atomic E-state index is 13.1. The molecule has 0 amide bonds. The molecule has 2 heterocycles. The van der Waals surface area contributed by atoms with E-state index in [9.17, 15) is 4.79 Å². The molecular formula is C23H25NO4. The van der Waals surface area contributed by atoms with E-state index in [1.54, 1.807) is 13.2 Å². The first-order chi connectivity index (χ1) is 13.6. The van der Waals surface area contributed by atoms with Crippen molar-refractivity contribution in [2.45, 2.75) is 20.4 Å². The van der Waals surface area contributed by atoms with E-state index in [-0.39, 0.29) is 5.43 Å². The van der Waals surface area contributed by atoms with Crippen LogP contribution < -0.4 is 10.2 Å². The molecule has 0 bridgehead atoms. The average Bonchev–Trinajstić information content (AvgIpc) is 2.72. The first kappa shape index (κ1) is 18.7. The summed E-state index contributed by atoms with van der Waals surface area (Å²) in [6, 6.07) is 11.7. The van der Waals surface area contributed by atoms with Gasteiger partial charge in [0.15, 0.2) is 5.43 Å². The predicted octanol–water partition coefficient (Wildman–Crippen LogP) is 3.92. The fraction of sp³-hybridized carbons (Fsp3) is 0.348. The summed E-state index contributed by atoms with van der Waals surface area (Å²) >= 11 is 0. The van der Waals surface area contributed by atoms with Gasteiger partial charge in [-0.25, -0.2) is 0 Å². The van der Waals surface area contributed by atoms with Crippen molar-refractivity contribution in [3.05, 3.63) is 63.3 Å². The fourth-order valence-corrected chi connectivity index (χ4v) is 3.69. The number of hydrogen-bond acceptors (Lipinski definition) is 5. The third kappa shape index (κ3) is 3.43. The van der Waals surface area contributed by atoms with Crippen LogP contribution in [0.3, 0.4) is 0 Å². The average molecular weight is 379 g/mol. The molecule has 0 saturated carbocycles. The normalized spacial score (nSPS) is 15.1. The highest BCUT2D eigenvalue weighted by Gasteiger charge is 2.21.